The lowest BCUT2D eigenvalue weighted by atomic mass is 10.2. The summed E-state index contributed by atoms with van der Waals surface area (Å²) < 4.78 is 0. The number of thioether (sulfide) groups is 1. The van der Waals surface area contributed by atoms with Gasteiger partial charge < -0.3 is 9.80 Å². The molecule has 0 bridgehead atoms. The number of amides is 1. The van der Waals surface area contributed by atoms with Gasteiger partial charge in [-0.1, -0.05) is 42.5 Å². The van der Waals surface area contributed by atoms with E-state index >= 15 is 0 Å². The van der Waals surface area contributed by atoms with Gasteiger partial charge in [0.2, 0.25) is 0 Å². The summed E-state index contributed by atoms with van der Waals surface area (Å²) in [7, 11) is 0. The molecule has 0 saturated carbocycles. The van der Waals surface area contributed by atoms with Crippen LogP contribution >= 0.6 is 11.8 Å². The fourth-order valence-corrected chi connectivity index (χ4v) is 4.22. The predicted molar refractivity (Wildman–Crippen MR) is 111 cm³/mol. The number of benzene rings is 2. The molecule has 0 aromatic heterocycles. The molecule has 2 aliphatic rings. The number of carbonyl (C=O) groups excluding carboxylic acids is 1. The third-order valence-corrected chi connectivity index (χ3v) is 5.72. The Hall–Kier alpha value is -3.13. The maximum absolute atomic E-state index is 12.2. The maximum Gasteiger partial charge on any atom is 0.292 e. The van der Waals surface area contributed by atoms with E-state index in [2.05, 4.69) is 9.89 Å². The number of anilines is 1. The number of nitro groups is 1. The van der Waals surface area contributed by atoms with Gasteiger partial charge >= 0.3 is 0 Å². The molecule has 2 aromatic rings. The molecular formula is C20H18N4O3S. The molecule has 2 heterocycles. The Kier molecular flexibility index (Phi) is 5.12. The number of piperazine rings is 1. The van der Waals surface area contributed by atoms with Crippen LogP contribution in [0.15, 0.2) is 64.5 Å². The summed E-state index contributed by atoms with van der Waals surface area (Å²) in [5.41, 5.74) is 1.72. The number of nitro benzene ring substituents is 1. The van der Waals surface area contributed by atoms with E-state index in [0.29, 0.717) is 41.9 Å². The Bertz CT molecular complexity index is 966. The number of carbonyl (C=O) groups is 1. The highest BCUT2D eigenvalue weighted by molar-refractivity contribution is 8.18. The van der Waals surface area contributed by atoms with Crippen molar-refractivity contribution >= 4 is 40.3 Å². The largest absolute Gasteiger partial charge is 0.362 e. The zero-order valence-electron chi connectivity index (χ0n) is 15.0. The van der Waals surface area contributed by atoms with Crippen LogP contribution in [0.3, 0.4) is 0 Å². The van der Waals surface area contributed by atoms with E-state index in [-0.39, 0.29) is 16.5 Å². The van der Waals surface area contributed by atoms with Gasteiger partial charge in [0.05, 0.1) is 9.83 Å². The summed E-state index contributed by atoms with van der Waals surface area (Å²) in [6, 6.07) is 16.5. The van der Waals surface area contributed by atoms with E-state index in [0.717, 1.165) is 5.56 Å². The third-order valence-electron chi connectivity index (χ3n) is 4.68. The molecule has 0 unspecified atom stereocenters. The molecule has 0 spiro atoms. The summed E-state index contributed by atoms with van der Waals surface area (Å²) in [4.78, 5) is 32.1. The molecule has 0 atom stereocenters. The van der Waals surface area contributed by atoms with Crippen LogP contribution in [-0.2, 0) is 4.79 Å². The lowest BCUT2D eigenvalue weighted by Gasteiger charge is -2.36. The van der Waals surface area contributed by atoms with Gasteiger partial charge in [0.25, 0.3) is 11.6 Å². The first-order valence-corrected chi connectivity index (χ1v) is 9.74. The quantitative estimate of drug-likeness (QED) is 0.451. The minimum Gasteiger partial charge on any atom is -0.362 e. The zero-order valence-corrected chi connectivity index (χ0v) is 15.8. The number of aliphatic imine (C=N–C) groups is 1. The van der Waals surface area contributed by atoms with Crippen molar-refractivity contribution in [3.8, 4) is 0 Å². The molecule has 1 amide bonds. The van der Waals surface area contributed by atoms with Crippen molar-refractivity contribution in [3.63, 3.8) is 0 Å². The molecule has 4 rings (SSSR count). The van der Waals surface area contributed by atoms with Crippen LogP contribution in [0, 0.1) is 10.1 Å². The molecule has 1 fully saturated rings. The van der Waals surface area contributed by atoms with Crippen LogP contribution in [0.25, 0.3) is 6.08 Å². The van der Waals surface area contributed by atoms with Crippen LogP contribution in [0.1, 0.15) is 5.56 Å². The number of hydrogen-bond acceptors (Lipinski definition) is 6. The van der Waals surface area contributed by atoms with Crippen molar-refractivity contribution in [3.05, 3.63) is 75.2 Å². The number of hydrogen-bond donors (Lipinski definition) is 0. The number of amidine groups is 1. The topological polar surface area (TPSA) is 79.0 Å². The smallest absolute Gasteiger partial charge is 0.292 e. The van der Waals surface area contributed by atoms with E-state index in [4.69, 9.17) is 0 Å². The maximum atomic E-state index is 12.2. The monoisotopic (exact) mass is 394 g/mol. The highest BCUT2D eigenvalue weighted by Crippen LogP contribution is 2.32. The second-order valence-electron chi connectivity index (χ2n) is 6.44. The molecule has 1 saturated heterocycles. The molecule has 2 aromatic carbocycles. The lowest BCUT2D eigenvalue weighted by Crippen LogP contribution is -2.48. The Morgan fingerprint density at radius 3 is 2.32 bits per heavy atom. The minimum atomic E-state index is -0.349. The summed E-state index contributed by atoms with van der Waals surface area (Å²) in [5, 5.41) is 12.0. The first-order valence-electron chi connectivity index (χ1n) is 8.93. The van der Waals surface area contributed by atoms with E-state index < -0.39 is 0 Å². The number of para-hydroxylation sites is 2. The second kappa shape index (κ2) is 7.85. The first kappa shape index (κ1) is 18.2. The normalized spacial score (nSPS) is 18.5. The van der Waals surface area contributed by atoms with Crippen molar-refractivity contribution in [2.45, 2.75) is 0 Å². The Labute approximate surface area is 166 Å². The predicted octanol–water partition coefficient (Wildman–Crippen LogP) is 3.39. The van der Waals surface area contributed by atoms with Gasteiger partial charge in [-0.15, -0.1) is 0 Å². The Morgan fingerprint density at radius 1 is 0.964 bits per heavy atom. The van der Waals surface area contributed by atoms with Crippen LogP contribution in [0.2, 0.25) is 0 Å². The summed E-state index contributed by atoms with van der Waals surface area (Å²) >= 11 is 1.39. The summed E-state index contributed by atoms with van der Waals surface area (Å²) in [6.45, 7) is 2.58. The van der Waals surface area contributed by atoms with Gasteiger partial charge in [0, 0.05) is 32.2 Å². The van der Waals surface area contributed by atoms with E-state index in [1.165, 1.54) is 17.8 Å². The Morgan fingerprint density at radius 2 is 1.61 bits per heavy atom. The fourth-order valence-electron chi connectivity index (χ4n) is 3.26. The van der Waals surface area contributed by atoms with Crippen LogP contribution in [0.5, 0.6) is 0 Å². The third kappa shape index (κ3) is 3.77. The molecule has 7 nitrogen and oxygen atoms in total. The van der Waals surface area contributed by atoms with E-state index in [9.17, 15) is 14.9 Å². The number of nitrogens with zero attached hydrogens (tertiary/aromatic N) is 4. The Balaban J connectivity index is 1.42. The zero-order chi connectivity index (χ0) is 19.5. The van der Waals surface area contributed by atoms with Gasteiger partial charge in [-0.2, -0.15) is 4.99 Å². The lowest BCUT2D eigenvalue weighted by molar-refractivity contribution is -0.384. The molecule has 28 heavy (non-hydrogen) atoms. The second-order valence-corrected chi connectivity index (χ2v) is 7.45. The van der Waals surface area contributed by atoms with Crippen LogP contribution in [-0.4, -0.2) is 47.1 Å². The minimum absolute atomic E-state index is 0.117. The molecule has 8 heteroatoms. The summed E-state index contributed by atoms with van der Waals surface area (Å²) in [5.74, 6) is -0.218. The van der Waals surface area contributed by atoms with E-state index in [1.54, 1.807) is 12.1 Å². The average molecular weight is 394 g/mol. The van der Waals surface area contributed by atoms with E-state index in [1.807, 2.05) is 47.4 Å². The first-order chi connectivity index (χ1) is 13.6. The van der Waals surface area contributed by atoms with Crippen LogP contribution in [0.4, 0.5) is 11.4 Å². The summed E-state index contributed by atoms with van der Waals surface area (Å²) in [6.07, 6.45) is 1.85. The highest BCUT2D eigenvalue weighted by Gasteiger charge is 2.29. The van der Waals surface area contributed by atoms with Crippen molar-refractivity contribution in [2.75, 3.05) is 31.1 Å². The van der Waals surface area contributed by atoms with Gasteiger partial charge in [-0.25, -0.2) is 0 Å². The van der Waals surface area contributed by atoms with Gasteiger partial charge in [0.1, 0.15) is 5.69 Å². The molecule has 0 aliphatic carbocycles. The SMILES string of the molecule is O=C1N=C(N2CCN(c3ccccc3[N+](=O)[O-])CC2)S/C1=C\c1ccccc1. The number of rotatable bonds is 3. The average Bonchev–Trinajstić information content (AvgIpc) is 3.09. The van der Waals surface area contributed by atoms with Crippen molar-refractivity contribution in [2.24, 2.45) is 4.99 Å². The molecule has 0 radical (unpaired) electrons. The molecule has 2 aliphatic heterocycles. The molecular weight excluding hydrogens is 376 g/mol. The van der Waals surface area contributed by atoms with Gasteiger partial charge in [-0.3, -0.25) is 14.9 Å². The van der Waals surface area contributed by atoms with Gasteiger partial charge in [-0.05, 0) is 29.5 Å². The fraction of sp³-hybridized carbons (Fsp3) is 0.200. The highest BCUT2D eigenvalue weighted by atomic mass is 32.2. The van der Waals surface area contributed by atoms with Crippen molar-refractivity contribution < 1.29 is 9.72 Å². The van der Waals surface area contributed by atoms with Crippen molar-refractivity contribution in [1.82, 2.24) is 4.90 Å². The van der Waals surface area contributed by atoms with Crippen molar-refractivity contribution in [1.29, 1.82) is 0 Å². The van der Waals surface area contributed by atoms with Crippen LogP contribution < -0.4 is 4.90 Å². The van der Waals surface area contributed by atoms with Gasteiger partial charge in [0.15, 0.2) is 5.17 Å². The standard InChI is InChI=1S/C20H18N4O3S/c25-19-18(14-15-6-2-1-3-7-15)28-20(21-19)23-12-10-22(11-13-23)16-8-4-5-9-17(16)24(26)27/h1-9,14H,10-13H2/b18-14-. The molecule has 0 N–H and O–H groups in total. The molecule has 142 valence electrons.